The molecular formula is C18H22N6O. The fourth-order valence-corrected chi connectivity index (χ4v) is 3.24. The lowest BCUT2D eigenvalue weighted by atomic mass is 10.1. The van der Waals surface area contributed by atoms with E-state index >= 15 is 0 Å². The molecule has 4 rings (SSSR count). The van der Waals surface area contributed by atoms with Crippen molar-refractivity contribution >= 4 is 22.5 Å². The number of rotatable bonds is 4. The molecule has 25 heavy (non-hydrogen) atoms. The average Bonchev–Trinajstić information content (AvgIpc) is 3.10. The highest BCUT2D eigenvalue weighted by Gasteiger charge is 2.19. The van der Waals surface area contributed by atoms with Gasteiger partial charge in [0.2, 0.25) is 5.95 Å². The summed E-state index contributed by atoms with van der Waals surface area (Å²) in [5.74, 6) is 1.28. The SMILES string of the molecule is COc1cccc2cnc(Nc3cnn(C4CCN(C)CC4)c3)nc12. The van der Waals surface area contributed by atoms with Gasteiger partial charge in [-0.25, -0.2) is 9.97 Å². The van der Waals surface area contributed by atoms with E-state index in [0.29, 0.717) is 12.0 Å². The van der Waals surface area contributed by atoms with Gasteiger partial charge in [0.25, 0.3) is 0 Å². The van der Waals surface area contributed by atoms with Crippen molar-refractivity contribution in [3.8, 4) is 5.75 Å². The van der Waals surface area contributed by atoms with E-state index in [1.165, 1.54) is 0 Å². The Bertz CT molecular complexity index is 869. The highest BCUT2D eigenvalue weighted by atomic mass is 16.5. The molecule has 7 nitrogen and oxygen atoms in total. The molecule has 3 aromatic rings. The Balaban J connectivity index is 1.53. The Morgan fingerprint density at radius 3 is 2.84 bits per heavy atom. The summed E-state index contributed by atoms with van der Waals surface area (Å²) in [5, 5.41) is 8.71. The van der Waals surface area contributed by atoms with Gasteiger partial charge in [-0.05, 0) is 39.0 Å². The second kappa shape index (κ2) is 6.68. The smallest absolute Gasteiger partial charge is 0.227 e. The molecule has 1 fully saturated rings. The Kier molecular flexibility index (Phi) is 4.23. The van der Waals surface area contributed by atoms with Crippen LogP contribution in [0.3, 0.4) is 0 Å². The molecule has 0 bridgehead atoms. The van der Waals surface area contributed by atoms with Crippen LogP contribution in [0.4, 0.5) is 11.6 Å². The zero-order valence-corrected chi connectivity index (χ0v) is 14.5. The summed E-state index contributed by atoms with van der Waals surface area (Å²) < 4.78 is 7.44. The van der Waals surface area contributed by atoms with Crippen LogP contribution in [0.1, 0.15) is 18.9 Å². The quantitative estimate of drug-likeness (QED) is 0.789. The Morgan fingerprint density at radius 2 is 2.04 bits per heavy atom. The topological polar surface area (TPSA) is 68.1 Å². The number of likely N-dealkylation sites (tertiary alicyclic amines) is 1. The highest BCUT2D eigenvalue weighted by Crippen LogP contribution is 2.26. The molecule has 3 heterocycles. The lowest BCUT2D eigenvalue weighted by Crippen LogP contribution is -2.31. The number of anilines is 2. The van der Waals surface area contributed by atoms with Gasteiger partial charge >= 0.3 is 0 Å². The van der Waals surface area contributed by atoms with E-state index in [1.807, 2.05) is 30.6 Å². The third kappa shape index (κ3) is 3.28. The summed E-state index contributed by atoms with van der Waals surface area (Å²) >= 11 is 0. The number of hydrogen-bond acceptors (Lipinski definition) is 6. The van der Waals surface area contributed by atoms with Crippen LogP contribution in [-0.2, 0) is 0 Å². The normalized spacial score (nSPS) is 16.2. The summed E-state index contributed by atoms with van der Waals surface area (Å²) in [5.41, 5.74) is 1.69. The van der Waals surface area contributed by atoms with Crippen molar-refractivity contribution in [3.05, 3.63) is 36.8 Å². The molecule has 7 heteroatoms. The molecule has 1 N–H and O–H groups in total. The van der Waals surface area contributed by atoms with E-state index in [4.69, 9.17) is 4.74 Å². The molecule has 2 aromatic heterocycles. The number of hydrogen-bond donors (Lipinski definition) is 1. The molecule has 1 aliphatic rings. The molecule has 1 saturated heterocycles. The number of ether oxygens (including phenoxy) is 1. The number of aromatic nitrogens is 4. The second-order valence-corrected chi connectivity index (χ2v) is 6.46. The largest absolute Gasteiger partial charge is 0.494 e. The van der Waals surface area contributed by atoms with Crippen LogP contribution in [0.2, 0.25) is 0 Å². The minimum Gasteiger partial charge on any atom is -0.494 e. The van der Waals surface area contributed by atoms with E-state index in [0.717, 1.165) is 48.3 Å². The Labute approximate surface area is 146 Å². The number of para-hydroxylation sites is 1. The molecule has 0 amide bonds. The van der Waals surface area contributed by atoms with Crippen molar-refractivity contribution in [3.63, 3.8) is 0 Å². The molecule has 0 spiro atoms. The summed E-state index contributed by atoms with van der Waals surface area (Å²) in [6, 6.07) is 6.27. The molecule has 0 saturated carbocycles. The van der Waals surface area contributed by atoms with Crippen molar-refractivity contribution in [2.75, 3.05) is 32.6 Å². The van der Waals surface area contributed by atoms with E-state index in [1.54, 1.807) is 13.3 Å². The molecular weight excluding hydrogens is 316 g/mol. The third-order valence-electron chi connectivity index (χ3n) is 4.71. The Hall–Kier alpha value is -2.67. The number of nitrogens with one attached hydrogen (secondary N) is 1. The van der Waals surface area contributed by atoms with Crippen LogP contribution in [0.25, 0.3) is 10.9 Å². The Morgan fingerprint density at radius 1 is 1.20 bits per heavy atom. The zero-order chi connectivity index (χ0) is 17.2. The van der Waals surface area contributed by atoms with Crippen molar-refractivity contribution in [2.24, 2.45) is 0 Å². The van der Waals surface area contributed by atoms with Crippen LogP contribution in [-0.4, -0.2) is 51.9 Å². The lowest BCUT2D eigenvalue weighted by molar-refractivity contribution is 0.212. The van der Waals surface area contributed by atoms with E-state index in [9.17, 15) is 0 Å². The highest BCUT2D eigenvalue weighted by molar-refractivity contribution is 5.84. The second-order valence-electron chi connectivity index (χ2n) is 6.46. The van der Waals surface area contributed by atoms with Gasteiger partial charge in [0.1, 0.15) is 11.3 Å². The number of piperidine rings is 1. The molecule has 1 aromatic carbocycles. The summed E-state index contributed by atoms with van der Waals surface area (Å²) in [6.07, 6.45) is 7.91. The fourth-order valence-electron chi connectivity index (χ4n) is 3.24. The van der Waals surface area contributed by atoms with Crippen LogP contribution in [0.15, 0.2) is 36.8 Å². The van der Waals surface area contributed by atoms with Crippen molar-refractivity contribution in [1.29, 1.82) is 0 Å². The zero-order valence-electron chi connectivity index (χ0n) is 14.5. The molecule has 1 aliphatic heterocycles. The van der Waals surface area contributed by atoms with Crippen molar-refractivity contribution in [2.45, 2.75) is 18.9 Å². The first-order valence-corrected chi connectivity index (χ1v) is 8.52. The van der Waals surface area contributed by atoms with Crippen LogP contribution in [0, 0.1) is 0 Å². The van der Waals surface area contributed by atoms with Gasteiger partial charge in [-0.2, -0.15) is 5.10 Å². The standard InChI is InChI=1S/C18H22N6O/c1-23-8-6-15(7-9-23)24-12-14(11-20-24)21-18-19-10-13-4-3-5-16(25-2)17(13)22-18/h3-5,10-12,15H,6-9H2,1-2H3,(H,19,21,22). The molecule has 0 aliphatic carbocycles. The number of fused-ring (bicyclic) bond motifs is 1. The van der Waals surface area contributed by atoms with Gasteiger partial charge in [-0.15, -0.1) is 0 Å². The summed E-state index contributed by atoms with van der Waals surface area (Å²) in [4.78, 5) is 11.3. The first kappa shape index (κ1) is 15.8. The monoisotopic (exact) mass is 338 g/mol. The minimum atomic E-state index is 0.462. The van der Waals surface area contributed by atoms with Gasteiger partial charge in [-0.1, -0.05) is 12.1 Å². The van der Waals surface area contributed by atoms with Gasteiger partial charge in [-0.3, -0.25) is 4.68 Å². The summed E-state index contributed by atoms with van der Waals surface area (Å²) in [6.45, 7) is 2.22. The molecule has 0 unspecified atom stereocenters. The average molecular weight is 338 g/mol. The first-order valence-electron chi connectivity index (χ1n) is 8.52. The number of methoxy groups -OCH3 is 1. The maximum Gasteiger partial charge on any atom is 0.227 e. The first-order chi connectivity index (χ1) is 12.2. The maximum absolute atomic E-state index is 5.39. The molecule has 0 radical (unpaired) electrons. The predicted molar refractivity (Wildman–Crippen MR) is 97.4 cm³/mol. The fraction of sp³-hybridized carbons (Fsp3) is 0.389. The van der Waals surface area contributed by atoms with E-state index in [2.05, 4.69) is 37.0 Å². The third-order valence-corrected chi connectivity index (χ3v) is 4.71. The lowest BCUT2D eigenvalue weighted by Gasteiger charge is -2.28. The number of benzene rings is 1. The van der Waals surface area contributed by atoms with Crippen LogP contribution >= 0.6 is 0 Å². The minimum absolute atomic E-state index is 0.462. The molecule has 0 atom stereocenters. The summed E-state index contributed by atoms with van der Waals surface area (Å²) in [7, 11) is 3.81. The maximum atomic E-state index is 5.39. The van der Waals surface area contributed by atoms with Crippen LogP contribution in [0.5, 0.6) is 5.75 Å². The van der Waals surface area contributed by atoms with E-state index < -0.39 is 0 Å². The predicted octanol–water partition coefficient (Wildman–Crippen LogP) is 2.85. The van der Waals surface area contributed by atoms with Gasteiger partial charge < -0.3 is 15.0 Å². The van der Waals surface area contributed by atoms with Gasteiger partial charge in [0.15, 0.2) is 0 Å². The number of nitrogens with zero attached hydrogens (tertiary/aromatic N) is 5. The van der Waals surface area contributed by atoms with Crippen molar-refractivity contribution in [1.82, 2.24) is 24.6 Å². The van der Waals surface area contributed by atoms with Gasteiger partial charge in [0.05, 0.1) is 25.0 Å². The van der Waals surface area contributed by atoms with E-state index in [-0.39, 0.29) is 0 Å². The van der Waals surface area contributed by atoms with Crippen LogP contribution < -0.4 is 10.1 Å². The molecule has 130 valence electrons. The van der Waals surface area contributed by atoms with Gasteiger partial charge in [0, 0.05) is 17.8 Å². The van der Waals surface area contributed by atoms with Crippen molar-refractivity contribution < 1.29 is 4.74 Å².